The highest BCUT2D eigenvalue weighted by molar-refractivity contribution is 7.10. The van der Waals surface area contributed by atoms with E-state index in [2.05, 4.69) is 37.4 Å². The van der Waals surface area contributed by atoms with Crippen LogP contribution >= 0.6 is 11.3 Å². The van der Waals surface area contributed by atoms with Crippen LogP contribution in [0.25, 0.3) is 0 Å². The van der Waals surface area contributed by atoms with Crippen LogP contribution in [0, 0.1) is 12.8 Å². The number of aryl methyl sites for hydroxylation is 1. The normalized spacial score (nSPS) is 14.0. The molecule has 2 aromatic rings. The highest BCUT2D eigenvalue weighted by Crippen LogP contribution is 2.28. The Labute approximate surface area is 191 Å². The van der Waals surface area contributed by atoms with Gasteiger partial charge in [-0.2, -0.15) is 0 Å². The molecule has 0 atom stereocenters. The molecule has 1 aliphatic carbocycles. The molecule has 1 heterocycles. The number of nitrogens with zero attached hydrogens (tertiary/aromatic N) is 2. The van der Waals surface area contributed by atoms with Crippen LogP contribution in [0.2, 0.25) is 0 Å². The molecule has 31 heavy (non-hydrogen) atoms. The third-order valence-electron chi connectivity index (χ3n) is 6.29. The van der Waals surface area contributed by atoms with Crippen molar-refractivity contribution in [3.63, 3.8) is 0 Å². The topological polar surface area (TPSA) is 40.6 Å². The number of rotatable bonds is 11. The number of hydrogen-bond donors (Lipinski definition) is 0. The minimum Gasteiger partial charge on any atom is -0.333 e. The highest BCUT2D eigenvalue weighted by atomic mass is 32.1. The first kappa shape index (κ1) is 23.5. The van der Waals surface area contributed by atoms with Gasteiger partial charge in [-0.3, -0.25) is 9.59 Å². The Kier molecular flexibility index (Phi) is 9.13. The molecule has 5 heteroatoms. The van der Waals surface area contributed by atoms with Gasteiger partial charge >= 0.3 is 0 Å². The van der Waals surface area contributed by atoms with Crippen LogP contribution in [0.15, 0.2) is 41.8 Å². The molecule has 1 fully saturated rings. The largest absolute Gasteiger partial charge is 0.333 e. The average Bonchev–Trinajstić information content (AvgIpc) is 3.44. The first-order valence-corrected chi connectivity index (χ1v) is 12.6. The summed E-state index contributed by atoms with van der Waals surface area (Å²) in [4.78, 5) is 31.2. The van der Waals surface area contributed by atoms with Gasteiger partial charge in [0.1, 0.15) is 0 Å². The minimum atomic E-state index is 0.0271. The number of carbonyl (C=O) groups excluding carboxylic acids is 2. The maximum atomic E-state index is 13.4. The molecule has 1 aromatic heterocycles. The van der Waals surface area contributed by atoms with Crippen molar-refractivity contribution in [1.82, 2.24) is 9.80 Å². The van der Waals surface area contributed by atoms with E-state index in [0.29, 0.717) is 32.0 Å². The monoisotopic (exact) mass is 440 g/mol. The first-order chi connectivity index (χ1) is 15.1. The zero-order valence-corrected chi connectivity index (χ0v) is 19.8. The lowest BCUT2D eigenvalue weighted by Gasteiger charge is -2.28. The molecular weight excluding hydrogens is 404 g/mol. The van der Waals surface area contributed by atoms with E-state index in [4.69, 9.17) is 0 Å². The Hall–Kier alpha value is -2.14. The van der Waals surface area contributed by atoms with Crippen LogP contribution in [0.3, 0.4) is 0 Å². The van der Waals surface area contributed by atoms with E-state index in [1.54, 1.807) is 16.2 Å². The summed E-state index contributed by atoms with van der Waals surface area (Å²) in [6.07, 6.45) is 7.51. The van der Waals surface area contributed by atoms with Gasteiger partial charge < -0.3 is 9.80 Å². The lowest BCUT2D eigenvalue weighted by atomic mass is 10.0. The van der Waals surface area contributed by atoms with Crippen LogP contribution < -0.4 is 0 Å². The van der Waals surface area contributed by atoms with E-state index in [-0.39, 0.29) is 18.4 Å². The number of hydrogen-bond acceptors (Lipinski definition) is 3. The summed E-state index contributed by atoms with van der Waals surface area (Å²) in [5, 5.41) is 2.08. The van der Waals surface area contributed by atoms with Crippen LogP contribution in [0.4, 0.5) is 0 Å². The number of amides is 2. The van der Waals surface area contributed by atoms with Gasteiger partial charge in [-0.25, -0.2) is 0 Å². The molecular formula is C26H36N2O2S. The molecule has 168 valence electrons. The lowest BCUT2D eigenvalue weighted by Crippen LogP contribution is -2.42. The SMILES string of the molecule is CCCN(CC(=O)N(Cc1ccccc1)Cc1sccc1C)C(=O)CCC1CCCC1. The van der Waals surface area contributed by atoms with Crippen LogP contribution in [-0.2, 0) is 22.7 Å². The van der Waals surface area contributed by atoms with E-state index < -0.39 is 0 Å². The van der Waals surface area contributed by atoms with Crippen molar-refractivity contribution in [3.05, 3.63) is 57.8 Å². The van der Waals surface area contributed by atoms with Crippen molar-refractivity contribution >= 4 is 23.2 Å². The van der Waals surface area contributed by atoms with Crippen molar-refractivity contribution in [2.45, 2.75) is 71.9 Å². The van der Waals surface area contributed by atoms with E-state index in [1.165, 1.54) is 36.1 Å². The third kappa shape index (κ3) is 7.20. The van der Waals surface area contributed by atoms with Crippen LogP contribution in [0.1, 0.15) is 67.9 Å². The molecule has 1 aromatic carbocycles. The molecule has 4 nitrogen and oxygen atoms in total. The fourth-order valence-corrected chi connectivity index (χ4v) is 5.31. The van der Waals surface area contributed by atoms with Gasteiger partial charge in [0.2, 0.25) is 11.8 Å². The van der Waals surface area contributed by atoms with Crippen LogP contribution in [-0.4, -0.2) is 34.7 Å². The molecule has 0 aliphatic heterocycles. The molecule has 0 radical (unpaired) electrons. The zero-order valence-electron chi connectivity index (χ0n) is 19.0. The summed E-state index contributed by atoms with van der Waals surface area (Å²) >= 11 is 1.69. The fourth-order valence-electron chi connectivity index (χ4n) is 4.39. The number of thiophene rings is 1. The molecule has 0 unspecified atom stereocenters. The summed E-state index contributed by atoms with van der Waals surface area (Å²) in [5.41, 5.74) is 2.33. The second-order valence-electron chi connectivity index (χ2n) is 8.77. The van der Waals surface area contributed by atoms with E-state index in [0.717, 1.165) is 18.4 Å². The second kappa shape index (κ2) is 12.0. The number of benzene rings is 1. The van der Waals surface area contributed by atoms with Gasteiger partial charge in [0.05, 0.1) is 13.1 Å². The van der Waals surface area contributed by atoms with E-state index in [9.17, 15) is 9.59 Å². The minimum absolute atomic E-state index is 0.0271. The smallest absolute Gasteiger partial charge is 0.242 e. The van der Waals surface area contributed by atoms with Gasteiger partial charge in [-0.05, 0) is 48.3 Å². The van der Waals surface area contributed by atoms with Gasteiger partial charge in [-0.15, -0.1) is 11.3 Å². The average molecular weight is 441 g/mol. The van der Waals surface area contributed by atoms with Gasteiger partial charge in [-0.1, -0.05) is 62.9 Å². The van der Waals surface area contributed by atoms with Crippen molar-refractivity contribution in [2.24, 2.45) is 5.92 Å². The fraction of sp³-hybridized carbons (Fsp3) is 0.538. The Morgan fingerprint density at radius 1 is 1.00 bits per heavy atom. The Morgan fingerprint density at radius 2 is 1.74 bits per heavy atom. The maximum absolute atomic E-state index is 13.4. The lowest BCUT2D eigenvalue weighted by molar-refractivity contribution is -0.141. The first-order valence-electron chi connectivity index (χ1n) is 11.7. The molecule has 0 N–H and O–H groups in total. The summed E-state index contributed by atoms with van der Waals surface area (Å²) in [5.74, 6) is 0.855. The molecule has 0 spiro atoms. The van der Waals surface area contributed by atoms with Crippen molar-refractivity contribution < 1.29 is 9.59 Å². The van der Waals surface area contributed by atoms with E-state index >= 15 is 0 Å². The molecule has 3 rings (SSSR count). The molecule has 1 aliphatic rings. The Balaban J connectivity index is 1.66. The standard InChI is InChI=1S/C26H36N2O2S/c1-3-16-27(25(29)14-13-22-9-7-8-10-22)20-26(30)28(18-23-11-5-4-6-12-23)19-24-21(2)15-17-31-24/h4-6,11-12,15,17,22H,3,7-10,13-14,16,18-20H2,1-2H3. The molecule has 2 amide bonds. The zero-order chi connectivity index (χ0) is 22.1. The van der Waals surface area contributed by atoms with Crippen molar-refractivity contribution in [2.75, 3.05) is 13.1 Å². The third-order valence-corrected chi connectivity index (χ3v) is 7.29. The summed E-state index contributed by atoms with van der Waals surface area (Å²) in [6.45, 7) is 6.13. The Bertz CT molecular complexity index is 827. The summed E-state index contributed by atoms with van der Waals surface area (Å²) < 4.78 is 0. The summed E-state index contributed by atoms with van der Waals surface area (Å²) in [6, 6.07) is 12.2. The van der Waals surface area contributed by atoms with E-state index in [1.807, 2.05) is 23.1 Å². The van der Waals surface area contributed by atoms with Crippen molar-refractivity contribution in [3.8, 4) is 0 Å². The second-order valence-corrected chi connectivity index (χ2v) is 9.77. The molecule has 0 saturated heterocycles. The highest BCUT2D eigenvalue weighted by Gasteiger charge is 2.23. The van der Waals surface area contributed by atoms with Gasteiger partial charge in [0.15, 0.2) is 0 Å². The number of carbonyl (C=O) groups is 2. The van der Waals surface area contributed by atoms with Gasteiger partial charge in [0.25, 0.3) is 0 Å². The molecule has 1 saturated carbocycles. The van der Waals surface area contributed by atoms with Crippen LogP contribution in [0.5, 0.6) is 0 Å². The molecule has 0 bridgehead atoms. The predicted molar refractivity (Wildman–Crippen MR) is 128 cm³/mol. The Morgan fingerprint density at radius 3 is 2.39 bits per heavy atom. The summed E-state index contributed by atoms with van der Waals surface area (Å²) in [7, 11) is 0. The quantitative estimate of drug-likeness (QED) is 0.443. The van der Waals surface area contributed by atoms with Crippen molar-refractivity contribution in [1.29, 1.82) is 0 Å². The van der Waals surface area contributed by atoms with Gasteiger partial charge in [0, 0.05) is 24.4 Å². The maximum Gasteiger partial charge on any atom is 0.242 e. The predicted octanol–water partition coefficient (Wildman–Crippen LogP) is 5.79.